The summed E-state index contributed by atoms with van der Waals surface area (Å²) in [5.74, 6) is 0.720. The van der Waals surface area contributed by atoms with Crippen molar-refractivity contribution >= 4 is 11.3 Å². The van der Waals surface area contributed by atoms with Crippen molar-refractivity contribution < 1.29 is 0 Å². The molecule has 0 saturated heterocycles. The Kier molecular flexibility index (Phi) is 4.12. The molecule has 3 aromatic heterocycles. The maximum absolute atomic E-state index is 4.89. The van der Waals surface area contributed by atoms with E-state index in [0.29, 0.717) is 5.65 Å². The number of H-pyrrole nitrogens is 1. The quantitative estimate of drug-likeness (QED) is 0.598. The van der Waals surface area contributed by atoms with Gasteiger partial charge in [-0.3, -0.25) is 0 Å². The number of nitrogens with one attached hydrogen (secondary N) is 1. The highest BCUT2D eigenvalue weighted by molar-refractivity contribution is 5.73. The van der Waals surface area contributed by atoms with E-state index < -0.39 is 0 Å². The third-order valence-corrected chi connectivity index (χ3v) is 5.38. The van der Waals surface area contributed by atoms with Crippen molar-refractivity contribution in [3.05, 3.63) is 43.0 Å². The Labute approximate surface area is 156 Å². The molecule has 1 fully saturated rings. The molecule has 0 spiro atoms. The smallest absolute Gasteiger partial charge is 0.197 e. The molecule has 1 aliphatic carbocycles. The first-order valence-electron chi connectivity index (χ1n) is 9.51. The van der Waals surface area contributed by atoms with E-state index in [1.165, 1.54) is 32.1 Å². The molecule has 3 heterocycles. The van der Waals surface area contributed by atoms with Crippen LogP contribution in [0.25, 0.3) is 33.8 Å². The Hall–Kier alpha value is -3.09. The van der Waals surface area contributed by atoms with Crippen molar-refractivity contribution in [3.63, 3.8) is 0 Å². The highest BCUT2D eigenvalue weighted by Gasteiger charge is 2.16. The lowest BCUT2D eigenvalue weighted by Crippen LogP contribution is -2.13. The van der Waals surface area contributed by atoms with Gasteiger partial charge in [0.15, 0.2) is 11.3 Å². The van der Waals surface area contributed by atoms with Crippen LogP contribution in [0.4, 0.5) is 0 Å². The molecule has 0 aliphatic heterocycles. The van der Waals surface area contributed by atoms with Gasteiger partial charge in [-0.2, -0.15) is 15.4 Å². The SMILES string of the molecule is c1cc(-c2cn[nH]n2)cc(-c2cnc3ncn(CC4CCCCC4)c3n2)c1. The molecule has 0 amide bonds. The molecule has 5 rings (SSSR count). The van der Waals surface area contributed by atoms with Crippen LogP contribution in [0.2, 0.25) is 0 Å². The molecule has 27 heavy (non-hydrogen) atoms. The van der Waals surface area contributed by atoms with E-state index in [1.807, 2.05) is 24.5 Å². The van der Waals surface area contributed by atoms with Crippen LogP contribution in [0.5, 0.6) is 0 Å². The second kappa shape index (κ2) is 6.90. The molecule has 7 nitrogen and oxygen atoms in total. The van der Waals surface area contributed by atoms with E-state index in [9.17, 15) is 0 Å². The average molecular weight is 359 g/mol. The summed E-state index contributed by atoms with van der Waals surface area (Å²) < 4.78 is 2.17. The number of nitrogens with zero attached hydrogens (tertiary/aromatic N) is 6. The summed E-state index contributed by atoms with van der Waals surface area (Å²) in [6.45, 7) is 0.980. The third kappa shape index (κ3) is 3.20. The van der Waals surface area contributed by atoms with Crippen LogP contribution >= 0.6 is 0 Å². The average Bonchev–Trinajstić information content (AvgIpc) is 3.39. The van der Waals surface area contributed by atoms with Crippen molar-refractivity contribution in [2.24, 2.45) is 5.92 Å². The van der Waals surface area contributed by atoms with Crippen LogP contribution in [-0.2, 0) is 6.54 Å². The van der Waals surface area contributed by atoms with Crippen molar-refractivity contribution in [3.8, 4) is 22.5 Å². The standard InChI is InChI=1S/C20H21N7/c1-2-5-14(6-3-1)12-27-13-22-19-20(27)24-17(10-21-19)15-7-4-8-16(9-15)18-11-23-26-25-18/h4,7-11,13-14H,1-3,5-6,12H2,(H,23,25,26). The lowest BCUT2D eigenvalue weighted by atomic mass is 9.89. The number of benzene rings is 1. The first kappa shape index (κ1) is 16.1. The fourth-order valence-corrected chi connectivity index (χ4v) is 3.93. The fourth-order valence-electron chi connectivity index (χ4n) is 3.93. The number of aromatic amines is 1. The number of fused-ring (bicyclic) bond motifs is 1. The predicted molar refractivity (Wildman–Crippen MR) is 103 cm³/mol. The molecule has 0 atom stereocenters. The maximum Gasteiger partial charge on any atom is 0.197 e. The van der Waals surface area contributed by atoms with Gasteiger partial charge in [-0.1, -0.05) is 37.5 Å². The van der Waals surface area contributed by atoms with E-state index in [0.717, 1.165) is 40.6 Å². The second-order valence-electron chi connectivity index (χ2n) is 7.24. The third-order valence-electron chi connectivity index (χ3n) is 5.38. The van der Waals surface area contributed by atoms with Gasteiger partial charge >= 0.3 is 0 Å². The molecule has 1 aliphatic rings. The van der Waals surface area contributed by atoms with Crippen LogP contribution in [0.15, 0.2) is 43.0 Å². The van der Waals surface area contributed by atoms with E-state index in [4.69, 9.17) is 4.98 Å². The van der Waals surface area contributed by atoms with Crippen molar-refractivity contribution in [2.45, 2.75) is 38.6 Å². The molecule has 1 N–H and O–H groups in total. The minimum Gasteiger partial charge on any atom is -0.314 e. The van der Waals surface area contributed by atoms with Gasteiger partial charge in [-0.15, -0.1) is 0 Å². The zero-order valence-electron chi connectivity index (χ0n) is 15.0. The van der Waals surface area contributed by atoms with Crippen molar-refractivity contribution in [1.82, 2.24) is 34.9 Å². The van der Waals surface area contributed by atoms with E-state index in [-0.39, 0.29) is 0 Å². The molecule has 7 heteroatoms. The molecule has 1 aromatic carbocycles. The molecule has 4 aromatic rings. The van der Waals surface area contributed by atoms with Gasteiger partial charge in [0.2, 0.25) is 0 Å². The van der Waals surface area contributed by atoms with Gasteiger partial charge in [0.25, 0.3) is 0 Å². The van der Waals surface area contributed by atoms with Gasteiger partial charge < -0.3 is 4.57 Å². The normalized spacial score (nSPS) is 15.4. The summed E-state index contributed by atoms with van der Waals surface area (Å²) in [5.41, 5.74) is 5.24. The molecule has 0 bridgehead atoms. The molecular formula is C20H21N7. The number of hydrogen-bond donors (Lipinski definition) is 1. The van der Waals surface area contributed by atoms with E-state index in [2.05, 4.69) is 36.0 Å². The Morgan fingerprint density at radius 3 is 2.67 bits per heavy atom. The molecule has 0 unspecified atom stereocenters. The Morgan fingerprint density at radius 2 is 1.85 bits per heavy atom. The monoisotopic (exact) mass is 359 g/mol. The van der Waals surface area contributed by atoms with Gasteiger partial charge in [0.1, 0.15) is 5.69 Å². The number of hydrogen-bond acceptors (Lipinski definition) is 5. The summed E-state index contributed by atoms with van der Waals surface area (Å²) in [5, 5.41) is 10.7. The Morgan fingerprint density at radius 1 is 1.00 bits per heavy atom. The first-order chi connectivity index (χ1) is 13.4. The fraction of sp³-hybridized carbons (Fsp3) is 0.350. The van der Waals surface area contributed by atoms with Crippen LogP contribution in [0.1, 0.15) is 32.1 Å². The van der Waals surface area contributed by atoms with Gasteiger partial charge in [-0.05, 0) is 24.8 Å². The Balaban J connectivity index is 1.49. The largest absolute Gasteiger partial charge is 0.314 e. The molecule has 0 radical (unpaired) electrons. The van der Waals surface area contributed by atoms with Crippen LogP contribution in [-0.4, -0.2) is 34.9 Å². The van der Waals surface area contributed by atoms with Crippen molar-refractivity contribution in [2.75, 3.05) is 0 Å². The highest BCUT2D eigenvalue weighted by atomic mass is 15.3. The Bertz CT molecular complexity index is 1050. The van der Waals surface area contributed by atoms with E-state index >= 15 is 0 Å². The lowest BCUT2D eigenvalue weighted by molar-refractivity contribution is 0.321. The maximum atomic E-state index is 4.89. The van der Waals surface area contributed by atoms with Gasteiger partial charge in [0.05, 0.1) is 24.4 Å². The number of aromatic nitrogens is 7. The molecule has 1 saturated carbocycles. The predicted octanol–water partition coefficient (Wildman–Crippen LogP) is 3.86. The summed E-state index contributed by atoms with van der Waals surface area (Å²) in [6, 6.07) is 8.13. The number of rotatable bonds is 4. The van der Waals surface area contributed by atoms with Crippen molar-refractivity contribution in [1.29, 1.82) is 0 Å². The van der Waals surface area contributed by atoms with Crippen LogP contribution in [0, 0.1) is 5.92 Å². The van der Waals surface area contributed by atoms with E-state index in [1.54, 1.807) is 12.4 Å². The topological polar surface area (TPSA) is 85.2 Å². The zero-order valence-corrected chi connectivity index (χ0v) is 15.0. The molecule has 136 valence electrons. The van der Waals surface area contributed by atoms with Crippen LogP contribution in [0.3, 0.4) is 0 Å². The minimum atomic E-state index is 0.710. The van der Waals surface area contributed by atoms with Gasteiger partial charge in [-0.25, -0.2) is 15.0 Å². The zero-order chi connectivity index (χ0) is 18.1. The van der Waals surface area contributed by atoms with Crippen LogP contribution < -0.4 is 0 Å². The minimum absolute atomic E-state index is 0.710. The summed E-state index contributed by atoms with van der Waals surface area (Å²) in [7, 11) is 0. The highest BCUT2D eigenvalue weighted by Crippen LogP contribution is 2.27. The van der Waals surface area contributed by atoms with Gasteiger partial charge in [0, 0.05) is 17.7 Å². The second-order valence-corrected chi connectivity index (χ2v) is 7.24. The summed E-state index contributed by atoms with van der Waals surface area (Å²) in [4.78, 5) is 13.9. The first-order valence-corrected chi connectivity index (χ1v) is 9.51. The lowest BCUT2D eigenvalue weighted by Gasteiger charge is -2.21. The summed E-state index contributed by atoms with van der Waals surface area (Å²) >= 11 is 0. The molecular weight excluding hydrogens is 338 g/mol. The summed E-state index contributed by atoms with van der Waals surface area (Å²) in [6.07, 6.45) is 12.0. The number of imidazole rings is 1.